The lowest BCUT2D eigenvalue weighted by molar-refractivity contribution is -0.140. The van der Waals surface area contributed by atoms with Crippen LogP contribution in [0.5, 0.6) is 0 Å². The molecular weight excluding hydrogens is 1170 g/mol. The average molecular weight is 1220 g/mol. The Morgan fingerprint density at radius 1 is 0.333 bits per heavy atom. The second-order valence-corrected chi connectivity index (χ2v) is 25.3. The lowest BCUT2D eigenvalue weighted by atomic mass is 10.0. The van der Waals surface area contributed by atoms with E-state index >= 15 is 0 Å². The number of nitrogens with zero attached hydrogens (tertiary/aromatic N) is 2. The van der Waals surface area contributed by atoms with E-state index < -0.39 is 90.1 Å². The van der Waals surface area contributed by atoms with E-state index in [1.54, 1.807) is 97.1 Å². The molecule has 2 aliphatic heterocycles. The predicted molar refractivity (Wildman–Crippen MR) is 309 cm³/mol. The molecule has 0 aliphatic carbocycles. The third kappa shape index (κ3) is 12.9. The zero-order chi connectivity index (χ0) is 60.1. The molecule has 7 aromatic rings. The molecule has 28 heteroatoms. The number of aromatic amines is 2. The van der Waals surface area contributed by atoms with Gasteiger partial charge in [-0.15, -0.1) is 0 Å². The quantitative estimate of drug-likeness (QED) is 0.0425. The van der Waals surface area contributed by atoms with Crippen LogP contribution in [0.1, 0.15) is 22.8 Å². The SMILES string of the molecule is COC(=O)CNS(=O)(=O)c1ccc(-c2c3nc(c(-c4ccc(S(=O)(=O)NCC(=O)OC)cc4)c4ccc([nH]4)c(-c4ccc(S(=O)(=O)NCC(=O)OC)cc4)c4ccc([nH]4)c(-c4ccc(S(=O)(=O)NCC(=O)OC)cc4)c4nc2C=C4)C=C3)cc1. The van der Waals surface area contributed by atoms with Gasteiger partial charge in [0.05, 0.1) is 70.8 Å². The van der Waals surface area contributed by atoms with Crippen LogP contribution in [0.15, 0.2) is 141 Å². The summed E-state index contributed by atoms with van der Waals surface area (Å²) in [6, 6.07) is 30.4. The third-order valence-electron chi connectivity index (χ3n) is 13.1. The molecule has 0 amide bonds. The molecule has 0 fully saturated rings. The second kappa shape index (κ2) is 24.4. The number of esters is 4. The van der Waals surface area contributed by atoms with Crippen LogP contribution in [0.4, 0.5) is 0 Å². The van der Waals surface area contributed by atoms with Gasteiger partial charge < -0.3 is 28.9 Å². The van der Waals surface area contributed by atoms with Crippen LogP contribution in [0, 0.1) is 0 Å². The fraction of sp³-hybridized carbons (Fsp3) is 0.143. The molecule has 2 aliphatic rings. The van der Waals surface area contributed by atoms with E-state index in [1.807, 2.05) is 0 Å². The highest BCUT2D eigenvalue weighted by Crippen LogP contribution is 2.39. The van der Waals surface area contributed by atoms with E-state index in [0.29, 0.717) is 89.4 Å². The lowest BCUT2D eigenvalue weighted by Gasteiger charge is -2.10. The van der Waals surface area contributed by atoms with Gasteiger partial charge in [0.1, 0.15) is 26.2 Å². The van der Waals surface area contributed by atoms with Crippen molar-refractivity contribution >= 4 is 110 Å². The first-order valence-corrected chi connectivity index (χ1v) is 30.8. The maximum absolute atomic E-state index is 13.3. The molecule has 0 saturated carbocycles. The number of carbonyl (C=O) groups is 4. The van der Waals surface area contributed by atoms with Crippen LogP contribution < -0.4 is 18.9 Å². The molecule has 4 aromatic carbocycles. The highest BCUT2D eigenvalue weighted by atomic mass is 32.2. The van der Waals surface area contributed by atoms with Crippen molar-refractivity contribution in [3.63, 3.8) is 0 Å². The lowest BCUT2D eigenvalue weighted by Crippen LogP contribution is -2.30. The van der Waals surface area contributed by atoms with Crippen LogP contribution in [0.25, 0.3) is 90.9 Å². The summed E-state index contributed by atoms with van der Waals surface area (Å²) in [5, 5.41) is 0. The van der Waals surface area contributed by atoms with Crippen molar-refractivity contribution in [3.05, 3.63) is 144 Å². The zero-order valence-corrected chi connectivity index (χ0v) is 48.0. The number of carbonyl (C=O) groups excluding carboxylic acids is 4. The number of benzene rings is 4. The molecule has 24 nitrogen and oxygen atoms in total. The molecule has 84 heavy (non-hydrogen) atoms. The molecule has 5 heterocycles. The van der Waals surface area contributed by atoms with Gasteiger partial charge in [-0.2, -0.15) is 18.9 Å². The van der Waals surface area contributed by atoms with Crippen LogP contribution in [0.2, 0.25) is 0 Å². The number of hydrogen-bond donors (Lipinski definition) is 6. The number of nitrogens with one attached hydrogen (secondary N) is 6. The molecule has 9 rings (SSSR count). The standard InChI is InChI=1S/C56H50N8O16S4/c1-77-49(65)29-57-81(69,70)37-13-5-33(6-14-37)53-41-21-23-43(61-41)54(34-7-15-38(16-8-34)82(71,72)58-30-50(66)78-2)45-25-27-47(63-45)56(36-11-19-40(20-12-36)84(75,76)60-32-52(68)80-4)48-28-26-46(64-48)55(44-24-22-42(53)62-44)35-9-17-39(18-10-35)83(73,74)59-31-51(67)79-3/h5-28,57-62H,29-32H2,1-4H3. The molecule has 434 valence electrons. The summed E-state index contributed by atoms with van der Waals surface area (Å²) in [5.41, 5.74) is 7.04. The molecule has 0 atom stereocenters. The maximum Gasteiger partial charge on any atom is 0.320 e. The number of methoxy groups -OCH3 is 4. The summed E-state index contributed by atoms with van der Waals surface area (Å²) < 4.78 is 134. The van der Waals surface area contributed by atoms with Gasteiger partial charge in [-0.05, 0) is 119 Å². The largest absolute Gasteiger partial charge is 0.468 e. The molecule has 3 aromatic heterocycles. The Hall–Kier alpha value is -9.00. The van der Waals surface area contributed by atoms with E-state index in [1.165, 1.54) is 48.5 Å². The molecule has 0 unspecified atom stereocenters. The zero-order valence-electron chi connectivity index (χ0n) is 44.7. The summed E-state index contributed by atoms with van der Waals surface area (Å²) in [5.74, 6) is -3.21. The third-order valence-corrected chi connectivity index (χ3v) is 18.8. The van der Waals surface area contributed by atoms with Gasteiger partial charge in [0.25, 0.3) is 0 Å². The maximum atomic E-state index is 13.3. The van der Waals surface area contributed by atoms with Crippen molar-refractivity contribution in [3.8, 4) is 44.5 Å². The fourth-order valence-electron chi connectivity index (χ4n) is 8.86. The van der Waals surface area contributed by atoms with E-state index in [-0.39, 0.29) is 19.6 Å². The number of sulfonamides is 4. The van der Waals surface area contributed by atoms with Crippen molar-refractivity contribution < 1.29 is 71.8 Å². The van der Waals surface area contributed by atoms with Crippen LogP contribution in [-0.2, 0) is 78.2 Å². The van der Waals surface area contributed by atoms with Crippen molar-refractivity contribution in [2.24, 2.45) is 0 Å². The van der Waals surface area contributed by atoms with E-state index in [0.717, 1.165) is 28.4 Å². The minimum atomic E-state index is -4.21. The summed E-state index contributed by atoms with van der Waals surface area (Å²) in [6.45, 7) is -2.46. The Morgan fingerprint density at radius 2 is 0.548 bits per heavy atom. The summed E-state index contributed by atoms with van der Waals surface area (Å²) in [6.07, 6.45) is 6.91. The number of rotatable bonds is 20. The number of H-pyrrole nitrogens is 2. The van der Waals surface area contributed by atoms with Gasteiger partial charge in [-0.3, -0.25) is 19.2 Å². The molecule has 6 N–H and O–H groups in total. The van der Waals surface area contributed by atoms with Gasteiger partial charge in [0.2, 0.25) is 40.1 Å². The normalized spacial score (nSPS) is 12.4. The van der Waals surface area contributed by atoms with Gasteiger partial charge >= 0.3 is 23.9 Å². The number of hydrogen-bond acceptors (Lipinski definition) is 18. The fourth-order valence-corrected chi connectivity index (χ4v) is 12.7. The number of ether oxygens (including phenoxy) is 4. The highest BCUT2D eigenvalue weighted by molar-refractivity contribution is 7.90. The Morgan fingerprint density at radius 3 is 0.798 bits per heavy atom. The minimum absolute atomic E-state index is 0.160. The summed E-state index contributed by atoms with van der Waals surface area (Å²) in [7, 11) is -12.3. The first-order chi connectivity index (χ1) is 40.0. The highest BCUT2D eigenvalue weighted by Gasteiger charge is 2.24. The Kier molecular flexibility index (Phi) is 17.4. The minimum Gasteiger partial charge on any atom is -0.468 e. The van der Waals surface area contributed by atoms with Crippen molar-refractivity contribution in [1.82, 2.24) is 38.8 Å². The average Bonchev–Trinajstić information content (AvgIpc) is 2.52. The molecule has 8 bridgehead atoms. The van der Waals surface area contributed by atoms with Crippen molar-refractivity contribution in [1.29, 1.82) is 0 Å². The topological polar surface area (TPSA) is 347 Å². The molecule has 0 spiro atoms. The Bertz CT molecular complexity index is 4300. The summed E-state index contributed by atoms with van der Waals surface area (Å²) in [4.78, 5) is 64.2. The number of aromatic nitrogens is 4. The smallest absolute Gasteiger partial charge is 0.320 e. The van der Waals surface area contributed by atoms with Gasteiger partial charge in [0, 0.05) is 44.3 Å². The first kappa shape index (κ1) is 59.6. The summed E-state index contributed by atoms with van der Waals surface area (Å²) >= 11 is 0. The van der Waals surface area contributed by atoms with Crippen LogP contribution >= 0.6 is 0 Å². The Labute approximate surface area is 481 Å². The Balaban J connectivity index is 1.33. The predicted octanol–water partition coefficient (Wildman–Crippen LogP) is 5.13. The molecule has 0 radical (unpaired) electrons. The molecule has 0 saturated heterocycles. The van der Waals surface area contributed by atoms with Gasteiger partial charge in [-0.25, -0.2) is 43.6 Å². The monoisotopic (exact) mass is 1220 g/mol. The van der Waals surface area contributed by atoms with E-state index in [2.05, 4.69) is 47.8 Å². The van der Waals surface area contributed by atoms with Gasteiger partial charge in [-0.1, -0.05) is 48.5 Å². The number of fused-ring (bicyclic) bond motifs is 8. The van der Waals surface area contributed by atoms with Crippen LogP contribution in [0.3, 0.4) is 0 Å². The van der Waals surface area contributed by atoms with Gasteiger partial charge in [0.15, 0.2) is 0 Å². The van der Waals surface area contributed by atoms with Crippen molar-refractivity contribution in [2.45, 2.75) is 19.6 Å². The van der Waals surface area contributed by atoms with Crippen molar-refractivity contribution in [2.75, 3.05) is 54.6 Å². The van der Waals surface area contributed by atoms with E-state index in [4.69, 9.17) is 9.97 Å². The molecular formula is C56H50N8O16S4. The first-order valence-electron chi connectivity index (χ1n) is 24.9. The van der Waals surface area contributed by atoms with Crippen LogP contribution in [-0.4, -0.2) is 132 Å². The second-order valence-electron chi connectivity index (χ2n) is 18.2. The van der Waals surface area contributed by atoms with E-state index in [9.17, 15) is 52.8 Å².